The Morgan fingerprint density at radius 1 is 0.952 bits per heavy atom. The molecule has 2 aliphatic heterocycles. The molecule has 2 aromatic carbocycles. The van der Waals surface area contributed by atoms with Crippen molar-refractivity contribution in [3.63, 3.8) is 0 Å². The third-order valence-corrected chi connectivity index (χ3v) is 8.79. The predicted molar refractivity (Wildman–Crippen MR) is 161 cm³/mol. The number of hydrogen-bond donors (Lipinski definition) is 4. The van der Waals surface area contributed by atoms with E-state index in [9.17, 15) is 19.5 Å². The van der Waals surface area contributed by atoms with E-state index in [4.69, 9.17) is 5.73 Å². The normalized spacial score (nSPS) is 21.9. The number of ketones is 1. The fourth-order valence-electron chi connectivity index (χ4n) is 6.35. The molecule has 5 N–H and O–H groups in total. The van der Waals surface area contributed by atoms with Gasteiger partial charge in [0.25, 0.3) is 11.8 Å². The lowest BCUT2D eigenvalue weighted by molar-refractivity contribution is 0.0878. The van der Waals surface area contributed by atoms with Crippen molar-refractivity contribution in [2.24, 2.45) is 11.7 Å². The van der Waals surface area contributed by atoms with E-state index in [1.54, 1.807) is 30.5 Å². The summed E-state index contributed by atoms with van der Waals surface area (Å²) < 4.78 is 0. The molecular weight excluding hydrogens is 530 g/mol. The van der Waals surface area contributed by atoms with Crippen molar-refractivity contribution in [2.75, 3.05) is 16.8 Å². The number of aromatic nitrogens is 1. The molecule has 3 atom stereocenters. The van der Waals surface area contributed by atoms with E-state index >= 15 is 0 Å². The standard InChI is InChI=1S/C33H37N5O4/c34-32(41)27-12-8-22(14-28(27)35-18-20-6-7-20)33(42)37-24-15-25-10-11-26(16-24)38(25)31-13-9-23(19-36-31)30(40)17-29(39)21-4-2-1-3-5-21/h1-5,8-9,12-14,19-20,24-26,29,35,39H,6-7,10-11,15-18H2,(H2,34,41)(H,37,42). The van der Waals surface area contributed by atoms with Gasteiger partial charge in [-0.2, -0.15) is 0 Å². The highest BCUT2D eigenvalue weighted by Gasteiger charge is 2.42. The van der Waals surface area contributed by atoms with Gasteiger partial charge in [0, 0.05) is 54.1 Å². The van der Waals surface area contributed by atoms with Crippen LogP contribution >= 0.6 is 0 Å². The summed E-state index contributed by atoms with van der Waals surface area (Å²) >= 11 is 0. The number of carbonyl (C=O) groups is 3. The first-order chi connectivity index (χ1) is 20.4. The second kappa shape index (κ2) is 11.9. The van der Waals surface area contributed by atoms with Crippen LogP contribution in [0.15, 0.2) is 66.9 Å². The first kappa shape index (κ1) is 27.9. The average molecular weight is 568 g/mol. The molecule has 218 valence electrons. The van der Waals surface area contributed by atoms with Gasteiger partial charge in [-0.3, -0.25) is 14.4 Å². The quantitative estimate of drug-likeness (QED) is 0.254. The van der Waals surface area contributed by atoms with Crippen LogP contribution in [0, 0.1) is 5.92 Å². The molecule has 3 heterocycles. The van der Waals surface area contributed by atoms with Gasteiger partial charge in [0.2, 0.25) is 0 Å². The molecule has 1 saturated carbocycles. The van der Waals surface area contributed by atoms with Gasteiger partial charge in [-0.25, -0.2) is 4.98 Å². The van der Waals surface area contributed by atoms with E-state index < -0.39 is 12.0 Å². The molecule has 9 nitrogen and oxygen atoms in total. The van der Waals surface area contributed by atoms with Gasteiger partial charge in [0.05, 0.1) is 11.7 Å². The Morgan fingerprint density at radius 3 is 2.31 bits per heavy atom. The highest BCUT2D eigenvalue weighted by atomic mass is 16.3. The third kappa shape index (κ3) is 6.16. The molecule has 2 saturated heterocycles. The topological polar surface area (TPSA) is 138 Å². The Kier molecular flexibility index (Phi) is 7.93. The number of Topliss-reactive ketones (excluding diaryl/α,β-unsaturated/α-hetero) is 1. The van der Waals surface area contributed by atoms with Crippen molar-refractivity contribution in [2.45, 2.75) is 69.2 Å². The van der Waals surface area contributed by atoms with Crippen LogP contribution in [0.5, 0.6) is 0 Å². The molecular formula is C33H37N5O4. The SMILES string of the molecule is NC(=O)c1ccc(C(=O)NC2CC3CCC(C2)N3c2ccc(C(=O)CC(O)c3ccccc3)cn2)cc1NCC1CC1. The highest BCUT2D eigenvalue weighted by molar-refractivity contribution is 6.02. The molecule has 3 aliphatic rings. The van der Waals surface area contributed by atoms with Crippen molar-refractivity contribution in [1.29, 1.82) is 0 Å². The van der Waals surface area contributed by atoms with Crippen LogP contribution in [0.25, 0.3) is 0 Å². The van der Waals surface area contributed by atoms with Crippen LogP contribution < -0.4 is 21.3 Å². The number of nitrogens with one attached hydrogen (secondary N) is 2. The maximum Gasteiger partial charge on any atom is 0.251 e. The number of primary amides is 1. The summed E-state index contributed by atoms with van der Waals surface area (Å²) in [7, 11) is 0. The third-order valence-electron chi connectivity index (χ3n) is 8.79. The molecule has 0 spiro atoms. The molecule has 9 heteroatoms. The lowest BCUT2D eigenvalue weighted by atomic mass is 9.96. The van der Waals surface area contributed by atoms with Crippen LogP contribution in [-0.4, -0.2) is 52.4 Å². The van der Waals surface area contributed by atoms with Crippen LogP contribution in [-0.2, 0) is 0 Å². The molecule has 1 aliphatic carbocycles. The molecule has 1 aromatic heterocycles. The number of anilines is 2. The number of hydrogen-bond acceptors (Lipinski definition) is 7. The predicted octanol–water partition coefficient (Wildman–Crippen LogP) is 4.24. The van der Waals surface area contributed by atoms with Gasteiger partial charge in [-0.05, 0) is 80.3 Å². The number of nitrogens with two attached hydrogens (primary N) is 1. The summed E-state index contributed by atoms with van der Waals surface area (Å²) in [5.74, 6) is 0.630. The average Bonchev–Trinajstić information content (AvgIpc) is 3.79. The smallest absolute Gasteiger partial charge is 0.251 e. The molecule has 42 heavy (non-hydrogen) atoms. The van der Waals surface area contributed by atoms with Gasteiger partial charge < -0.3 is 26.4 Å². The number of carbonyl (C=O) groups excluding carboxylic acids is 3. The molecule has 0 radical (unpaired) electrons. The van der Waals surface area contributed by atoms with Crippen molar-refractivity contribution in [3.8, 4) is 0 Å². The monoisotopic (exact) mass is 567 g/mol. The Labute approximate surface area is 245 Å². The van der Waals surface area contributed by atoms with Crippen molar-refractivity contribution >= 4 is 29.1 Å². The minimum atomic E-state index is -0.852. The van der Waals surface area contributed by atoms with Crippen molar-refractivity contribution in [3.05, 3.63) is 89.1 Å². The summed E-state index contributed by atoms with van der Waals surface area (Å²) in [5.41, 5.74) is 8.27. The van der Waals surface area contributed by atoms with E-state index in [0.717, 1.165) is 43.6 Å². The Balaban J connectivity index is 1.07. The minimum Gasteiger partial charge on any atom is -0.388 e. The largest absolute Gasteiger partial charge is 0.388 e. The van der Waals surface area contributed by atoms with Crippen LogP contribution in [0.3, 0.4) is 0 Å². The lowest BCUT2D eigenvalue weighted by Gasteiger charge is -2.40. The van der Waals surface area contributed by atoms with Gasteiger partial charge in [-0.15, -0.1) is 0 Å². The van der Waals surface area contributed by atoms with Crippen LogP contribution in [0.1, 0.15) is 87.7 Å². The van der Waals surface area contributed by atoms with E-state index in [2.05, 4.69) is 20.5 Å². The molecule has 3 aromatic rings. The fraction of sp³-hybridized carbons (Fsp3) is 0.394. The molecule has 2 bridgehead atoms. The Bertz CT molecular complexity index is 1440. The lowest BCUT2D eigenvalue weighted by Crippen LogP contribution is -2.50. The first-order valence-electron chi connectivity index (χ1n) is 14.8. The molecule has 6 rings (SSSR count). The van der Waals surface area contributed by atoms with Gasteiger partial charge in [-0.1, -0.05) is 30.3 Å². The fourth-order valence-corrected chi connectivity index (χ4v) is 6.35. The number of fused-ring (bicyclic) bond motifs is 2. The second-order valence-electron chi connectivity index (χ2n) is 11.8. The van der Waals surface area contributed by atoms with Crippen LogP contribution in [0.4, 0.5) is 11.5 Å². The van der Waals surface area contributed by atoms with E-state index in [-0.39, 0.29) is 36.2 Å². The summed E-state index contributed by atoms with van der Waals surface area (Å²) in [6, 6.07) is 18.4. The second-order valence-corrected chi connectivity index (χ2v) is 11.8. The van der Waals surface area contributed by atoms with Gasteiger partial charge in [0.15, 0.2) is 5.78 Å². The van der Waals surface area contributed by atoms with E-state index in [0.29, 0.717) is 28.3 Å². The van der Waals surface area contributed by atoms with E-state index in [1.165, 1.54) is 12.8 Å². The summed E-state index contributed by atoms with van der Waals surface area (Å²) in [6.45, 7) is 0.770. The summed E-state index contributed by atoms with van der Waals surface area (Å²) in [5, 5.41) is 17.0. The van der Waals surface area contributed by atoms with Crippen LogP contribution in [0.2, 0.25) is 0 Å². The number of pyridine rings is 1. The zero-order chi connectivity index (χ0) is 29.2. The van der Waals surface area contributed by atoms with Gasteiger partial charge in [0.1, 0.15) is 5.82 Å². The zero-order valence-electron chi connectivity index (χ0n) is 23.5. The molecule has 2 amide bonds. The number of amides is 2. The number of aliphatic hydroxyl groups is 1. The summed E-state index contributed by atoms with van der Waals surface area (Å²) in [6.07, 6.45) is 6.76. The van der Waals surface area contributed by atoms with Crippen molar-refractivity contribution in [1.82, 2.24) is 10.3 Å². The number of nitrogens with zero attached hydrogens (tertiary/aromatic N) is 2. The summed E-state index contributed by atoms with van der Waals surface area (Å²) in [4.78, 5) is 44.9. The number of benzene rings is 2. The molecule has 3 fully saturated rings. The number of rotatable bonds is 11. The maximum atomic E-state index is 13.2. The number of piperidine rings is 1. The maximum absolute atomic E-state index is 13.2. The zero-order valence-corrected chi connectivity index (χ0v) is 23.5. The molecule has 3 unspecified atom stereocenters. The first-order valence-corrected chi connectivity index (χ1v) is 14.8. The number of aliphatic hydroxyl groups excluding tert-OH is 1. The van der Waals surface area contributed by atoms with E-state index in [1.807, 2.05) is 36.4 Å². The highest BCUT2D eigenvalue weighted by Crippen LogP contribution is 2.39. The Hall–Kier alpha value is -4.24. The minimum absolute atomic E-state index is 0.00468. The van der Waals surface area contributed by atoms with Crippen molar-refractivity contribution < 1.29 is 19.5 Å². The van der Waals surface area contributed by atoms with Gasteiger partial charge >= 0.3 is 0 Å². The Morgan fingerprint density at radius 2 is 1.67 bits per heavy atom.